The minimum atomic E-state index is -0.374. The van der Waals surface area contributed by atoms with Gasteiger partial charge < -0.3 is 19.2 Å². The Morgan fingerprint density at radius 2 is 1.83 bits per heavy atom. The first-order chi connectivity index (χ1) is 17.0. The zero-order valence-corrected chi connectivity index (χ0v) is 21.2. The molecule has 1 aromatic heterocycles. The fourth-order valence-electron chi connectivity index (χ4n) is 3.72. The number of unbranched alkanes of at least 4 members (excludes halogenated alkanes) is 1. The molecule has 0 fully saturated rings. The van der Waals surface area contributed by atoms with Crippen LogP contribution in [0.25, 0.3) is 22.3 Å². The Hall–Kier alpha value is -3.58. The van der Waals surface area contributed by atoms with Gasteiger partial charge in [0.15, 0.2) is 12.4 Å². The van der Waals surface area contributed by atoms with Crippen molar-refractivity contribution >= 4 is 38.5 Å². The molecule has 1 N–H and O–H groups in total. The summed E-state index contributed by atoms with van der Waals surface area (Å²) in [6.07, 6.45) is 3.27. The molecule has 1 amide bonds. The zero-order valence-electron chi connectivity index (χ0n) is 19.6. The molecule has 0 aliphatic carbocycles. The normalized spacial score (nSPS) is 10.8. The minimum absolute atomic E-state index is 0.0224. The highest BCUT2D eigenvalue weighted by Crippen LogP contribution is 2.35. The van der Waals surface area contributed by atoms with Gasteiger partial charge in [0, 0.05) is 11.3 Å². The summed E-state index contributed by atoms with van der Waals surface area (Å²) in [5.74, 6) is 0.483. The van der Waals surface area contributed by atoms with E-state index in [4.69, 9.17) is 13.9 Å². The Labute approximate surface area is 212 Å². The van der Waals surface area contributed by atoms with Crippen molar-refractivity contribution in [3.8, 4) is 22.8 Å². The number of anilines is 1. The average Bonchev–Trinajstić information content (AvgIpc) is 2.87. The number of fused-ring (bicyclic) bond motifs is 1. The number of nitrogens with one attached hydrogen (secondary N) is 1. The van der Waals surface area contributed by atoms with E-state index in [0.29, 0.717) is 32.4 Å². The molecule has 0 bridgehead atoms. The number of benzene rings is 3. The second-order valence-electron chi connectivity index (χ2n) is 8.07. The molecule has 0 aliphatic heterocycles. The number of methoxy groups -OCH3 is 1. The fourth-order valence-corrected chi connectivity index (χ4v) is 4.26. The monoisotopic (exact) mass is 535 g/mol. The van der Waals surface area contributed by atoms with Crippen LogP contribution in [0, 0.1) is 0 Å². The minimum Gasteiger partial charge on any atom is -0.496 e. The number of amides is 1. The topological polar surface area (TPSA) is 77.8 Å². The summed E-state index contributed by atoms with van der Waals surface area (Å²) in [4.78, 5) is 25.9. The number of carbonyl (C=O) groups is 1. The van der Waals surface area contributed by atoms with E-state index in [-0.39, 0.29) is 29.5 Å². The van der Waals surface area contributed by atoms with Crippen LogP contribution in [0.2, 0.25) is 0 Å². The standard InChI is InChI=1S/C28H26BrNO5/c1-3-4-7-18-10-13-20(14-11-18)30-25(31)17-34-28-26(32)21-8-5-6-9-23(21)35-27(28)19-12-15-24(33-2)22(29)16-19/h5-6,8-16H,3-4,7,17H2,1-2H3,(H,30,31). The SMILES string of the molecule is CCCCc1ccc(NC(=O)COc2c(-c3ccc(OC)c(Br)c3)oc3ccccc3c2=O)cc1. The predicted molar refractivity (Wildman–Crippen MR) is 141 cm³/mol. The molecule has 180 valence electrons. The number of hydrogen-bond acceptors (Lipinski definition) is 5. The molecule has 35 heavy (non-hydrogen) atoms. The molecule has 4 rings (SSSR count). The lowest BCUT2D eigenvalue weighted by atomic mass is 10.1. The summed E-state index contributed by atoms with van der Waals surface area (Å²) in [7, 11) is 1.57. The summed E-state index contributed by atoms with van der Waals surface area (Å²) in [5.41, 5.74) is 2.59. The molecule has 0 spiro atoms. The van der Waals surface area contributed by atoms with Crippen LogP contribution < -0.4 is 20.2 Å². The number of rotatable bonds is 9. The van der Waals surface area contributed by atoms with Crippen molar-refractivity contribution < 1.29 is 18.7 Å². The summed E-state index contributed by atoms with van der Waals surface area (Å²) >= 11 is 3.47. The van der Waals surface area contributed by atoms with E-state index in [2.05, 4.69) is 28.2 Å². The second-order valence-corrected chi connectivity index (χ2v) is 8.93. The molecule has 3 aromatic carbocycles. The third-order valence-corrected chi connectivity index (χ3v) is 6.19. The molecule has 0 atom stereocenters. The number of carbonyl (C=O) groups excluding carboxylic acids is 1. The molecule has 6 nitrogen and oxygen atoms in total. The largest absolute Gasteiger partial charge is 0.496 e. The van der Waals surface area contributed by atoms with Crippen LogP contribution in [0.15, 0.2) is 80.4 Å². The molecular formula is C28H26BrNO5. The fraction of sp³-hybridized carbons (Fsp3) is 0.214. The molecule has 0 aliphatic rings. The Bertz CT molecular complexity index is 1400. The van der Waals surface area contributed by atoms with Crippen molar-refractivity contribution in [3.05, 3.63) is 87.0 Å². The maximum atomic E-state index is 13.3. The van der Waals surface area contributed by atoms with Gasteiger partial charge in [0.1, 0.15) is 11.3 Å². The maximum Gasteiger partial charge on any atom is 0.262 e. The van der Waals surface area contributed by atoms with Gasteiger partial charge in [-0.2, -0.15) is 0 Å². The lowest BCUT2D eigenvalue weighted by molar-refractivity contribution is -0.118. The Kier molecular flexibility index (Phi) is 7.87. The van der Waals surface area contributed by atoms with E-state index >= 15 is 0 Å². The molecule has 0 unspecified atom stereocenters. The molecular weight excluding hydrogens is 510 g/mol. The van der Waals surface area contributed by atoms with Crippen molar-refractivity contribution in [2.75, 3.05) is 19.0 Å². The first-order valence-electron chi connectivity index (χ1n) is 11.4. The molecule has 0 saturated heterocycles. The predicted octanol–water partition coefficient (Wildman–Crippen LogP) is 6.59. The van der Waals surface area contributed by atoms with E-state index in [0.717, 1.165) is 19.3 Å². The van der Waals surface area contributed by atoms with Gasteiger partial charge in [0.25, 0.3) is 5.91 Å². The van der Waals surface area contributed by atoms with Crippen molar-refractivity contribution in [1.82, 2.24) is 0 Å². The highest BCUT2D eigenvalue weighted by molar-refractivity contribution is 9.10. The highest BCUT2D eigenvalue weighted by atomic mass is 79.9. The van der Waals surface area contributed by atoms with Crippen molar-refractivity contribution in [2.45, 2.75) is 26.2 Å². The summed E-state index contributed by atoms with van der Waals surface area (Å²) in [6.45, 7) is 1.81. The number of ether oxygens (including phenoxy) is 2. The molecule has 7 heteroatoms. The Morgan fingerprint density at radius 3 is 2.54 bits per heavy atom. The first kappa shape index (κ1) is 24.5. The third kappa shape index (κ3) is 5.74. The lowest BCUT2D eigenvalue weighted by Crippen LogP contribution is -2.22. The van der Waals surface area contributed by atoms with Crippen LogP contribution in [0.1, 0.15) is 25.3 Å². The number of para-hydroxylation sites is 1. The van der Waals surface area contributed by atoms with Crippen LogP contribution in [0.5, 0.6) is 11.5 Å². The average molecular weight is 536 g/mol. The van der Waals surface area contributed by atoms with Crippen LogP contribution >= 0.6 is 15.9 Å². The van der Waals surface area contributed by atoms with Gasteiger partial charge in [-0.05, 0) is 76.8 Å². The maximum absolute atomic E-state index is 13.3. The smallest absolute Gasteiger partial charge is 0.262 e. The summed E-state index contributed by atoms with van der Waals surface area (Å²) in [6, 6.07) is 20.0. The van der Waals surface area contributed by atoms with Crippen molar-refractivity contribution in [2.24, 2.45) is 0 Å². The van der Waals surface area contributed by atoms with Gasteiger partial charge in [-0.15, -0.1) is 0 Å². The number of aryl methyl sites for hydroxylation is 1. The molecule has 0 radical (unpaired) electrons. The summed E-state index contributed by atoms with van der Waals surface area (Å²) < 4.78 is 17.8. The van der Waals surface area contributed by atoms with Gasteiger partial charge in [-0.3, -0.25) is 9.59 Å². The molecule has 0 saturated carbocycles. The number of halogens is 1. The van der Waals surface area contributed by atoms with Crippen LogP contribution in [0.4, 0.5) is 5.69 Å². The number of hydrogen-bond donors (Lipinski definition) is 1. The van der Waals surface area contributed by atoms with Gasteiger partial charge in [-0.1, -0.05) is 37.6 Å². The summed E-state index contributed by atoms with van der Waals surface area (Å²) in [5, 5.41) is 3.19. The van der Waals surface area contributed by atoms with Gasteiger partial charge in [0.2, 0.25) is 11.2 Å². The van der Waals surface area contributed by atoms with E-state index < -0.39 is 0 Å². The Morgan fingerprint density at radius 1 is 1.06 bits per heavy atom. The third-order valence-electron chi connectivity index (χ3n) is 5.57. The first-order valence-corrected chi connectivity index (χ1v) is 12.2. The zero-order chi connectivity index (χ0) is 24.8. The van der Waals surface area contributed by atoms with Crippen LogP contribution in [0.3, 0.4) is 0 Å². The molecule has 4 aromatic rings. The van der Waals surface area contributed by atoms with E-state index in [1.807, 2.05) is 24.3 Å². The molecule has 1 heterocycles. The van der Waals surface area contributed by atoms with Gasteiger partial charge in [-0.25, -0.2) is 0 Å². The van der Waals surface area contributed by atoms with Crippen molar-refractivity contribution in [3.63, 3.8) is 0 Å². The van der Waals surface area contributed by atoms with Crippen molar-refractivity contribution in [1.29, 1.82) is 0 Å². The van der Waals surface area contributed by atoms with Gasteiger partial charge in [0.05, 0.1) is 17.0 Å². The van der Waals surface area contributed by atoms with E-state index in [1.165, 1.54) is 5.56 Å². The highest BCUT2D eigenvalue weighted by Gasteiger charge is 2.20. The van der Waals surface area contributed by atoms with Gasteiger partial charge >= 0.3 is 0 Å². The Balaban J connectivity index is 1.59. The quantitative estimate of drug-likeness (QED) is 0.261. The van der Waals surface area contributed by atoms with E-state index in [1.54, 1.807) is 49.6 Å². The van der Waals surface area contributed by atoms with Crippen LogP contribution in [-0.2, 0) is 11.2 Å². The van der Waals surface area contributed by atoms with Crippen LogP contribution in [-0.4, -0.2) is 19.6 Å². The van der Waals surface area contributed by atoms with E-state index in [9.17, 15) is 9.59 Å². The lowest BCUT2D eigenvalue weighted by Gasteiger charge is -2.13. The second kappa shape index (κ2) is 11.2.